The van der Waals surface area contributed by atoms with Crippen molar-refractivity contribution >= 4 is 47.0 Å². The third kappa shape index (κ3) is 9.44. The second kappa shape index (κ2) is 9.73. The van der Waals surface area contributed by atoms with Crippen LogP contribution in [0.1, 0.15) is 0 Å². The van der Waals surface area contributed by atoms with Crippen LogP contribution in [0.15, 0.2) is 44.4 Å². The number of thioether (sulfide) groups is 4. The second-order valence-corrected chi connectivity index (χ2v) is 15.6. The van der Waals surface area contributed by atoms with Crippen molar-refractivity contribution in [1.29, 1.82) is 0 Å². The molecule has 0 atom stereocenters. The van der Waals surface area contributed by atoms with E-state index in [2.05, 4.69) is 0 Å². The molecule has 0 amide bonds. The summed E-state index contributed by atoms with van der Waals surface area (Å²) < 4.78 is 155. The fraction of sp³-hybridized carbons (Fsp3) is 0.333. The molecule has 2 nitrogen and oxygen atoms in total. The number of aromatic nitrogens is 2. The van der Waals surface area contributed by atoms with Gasteiger partial charge in [-0.05, 0) is 0 Å². The number of hydrogen-bond acceptors (Lipinski definition) is 4. The minimum atomic E-state index is -4.94. The number of halogens is 12. The van der Waals surface area contributed by atoms with E-state index in [1.165, 1.54) is 0 Å². The first-order valence-electron chi connectivity index (χ1n) is 7.25. The van der Waals surface area contributed by atoms with Crippen LogP contribution >= 0.6 is 47.0 Å². The fourth-order valence-corrected chi connectivity index (χ4v) is 14.5. The summed E-state index contributed by atoms with van der Waals surface area (Å²) in [7, 11) is 0. The molecular formula is C12H4F12HgN2S4. The molecule has 0 unspecified atom stereocenters. The standard InChI is InChI=1S/2C6H2F6NS2.Hg/c2*7-5(8,9)14-3-1-2-4(13-3)15-6(10,11)12;/h2*1-2H;/q2*-1;+2. The Hall–Kier alpha value is 0.0551. The van der Waals surface area contributed by atoms with E-state index >= 15 is 0 Å². The first-order chi connectivity index (χ1) is 13.8. The molecule has 0 N–H and O–H groups in total. The van der Waals surface area contributed by atoms with E-state index in [4.69, 9.17) is 0 Å². The molecule has 2 heterocycles. The van der Waals surface area contributed by atoms with Gasteiger partial charge in [-0.1, -0.05) is 0 Å². The van der Waals surface area contributed by atoms with Crippen LogP contribution in [0.25, 0.3) is 0 Å². The van der Waals surface area contributed by atoms with Gasteiger partial charge in [0.1, 0.15) is 0 Å². The van der Waals surface area contributed by atoms with Gasteiger partial charge in [0, 0.05) is 0 Å². The van der Waals surface area contributed by atoms with Crippen molar-refractivity contribution in [2.24, 2.45) is 0 Å². The summed E-state index contributed by atoms with van der Waals surface area (Å²) in [5, 5.41) is -3.00. The molecule has 0 saturated carbocycles. The zero-order valence-corrected chi connectivity index (χ0v) is 22.8. The third-order valence-electron chi connectivity index (χ3n) is 2.97. The van der Waals surface area contributed by atoms with Crippen LogP contribution < -0.4 is 0 Å². The average molecular weight is 733 g/mol. The molecule has 31 heavy (non-hydrogen) atoms. The van der Waals surface area contributed by atoms with Gasteiger partial charge in [-0.3, -0.25) is 0 Å². The first-order valence-corrected chi connectivity index (χ1v) is 15.4. The zero-order valence-electron chi connectivity index (χ0n) is 14.1. The summed E-state index contributed by atoms with van der Waals surface area (Å²) in [5.74, 6) is 0. The number of nitrogens with zero attached hydrogens (tertiary/aromatic N) is 2. The van der Waals surface area contributed by atoms with E-state index in [1.54, 1.807) is 0 Å². The molecule has 0 spiro atoms. The maximum absolute atomic E-state index is 12.8. The summed E-state index contributed by atoms with van der Waals surface area (Å²) in [4.78, 5) is 0. The first kappa shape index (κ1) is 27.3. The van der Waals surface area contributed by atoms with Gasteiger partial charge >= 0.3 is 196 Å². The van der Waals surface area contributed by atoms with E-state index in [1.807, 2.05) is 0 Å². The Morgan fingerprint density at radius 2 is 0.645 bits per heavy atom. The second-order valence-electron chi connectivity index (χ2n) is 5.21. The van der Waals surface area contributed by atoms with Gasteiger partial charge in [0.25, 0.3) is 0 Å². The van der Waals surface area contributed by atoms with Crippen LogP contribution in [-0.2, 0) is 25.2 Å². The minimum absolute atomic E-state index is 0.567. The SMILES string of the molecule is FC(F)(F)Sc1ccc(SC(F)(F)F)[n]1[Hg][n]1c(SC(F)(F)F)ccc1SC(F)(F)F. The Morgan fingerprint density at radius 3 is 0.806 bits per heavy atom. The molecule has 0 fully saturated rings. The predicted molar refractivity (Wildman–Crippen MR) is 87.3 cm³/mol. The van der Waals surface area contributed by atoms with Crippen molar-refractivity contribution in [2.45, 2.75) is 42.1 Å². The van der Waals surface area contributed by atoms with E-state index in [9.17, 15) is 52.7 Å². The van der Waals surface area contributed by atoms with Gasteiger partial charge in [-0.15, -0.1) is 0 Å². The van der Waals surface area contributed by atoms with E-state index in [0.717, 1.165) is 0 Å². The van der Waals surface area contributed by atoms with E-state index < -0.39 is 114 Å². The van der Waals surface area contributed by atoms with Gasteiger partial charge in [0.05, 0.1) is 0 Å². The molecular weight excluding hydrogens is 729 g/mol. The summed E-state index contributed by atoms with van der Waals surface area (Å²) in [6, 6.07) is 2.79. The van der Waals surface area contributed by atoms with E-state index in [0.29, 0.717) is 28.9 Å². The van der Waals surface area contributed by atoms with Gasteiger partial charge < -0.3 is 0 Å². The van der Waals surface area contributed by atoms with Crippen molar-refractivity contribution in [3.63, 3.8) is 0 Å². The van der Waals surface area contributed by atoms with Gasteiger partial charge in [-0.25, -0.2) is 0 Å². The van der Waals surface area contributed by atoms with Gasteiger partial charge in [0.2, 0.25) is 0 Å². The average Bonchev–Trinajstić information content (AvgIpc) is 3.00. The molecule has 0 saturated heterocycles. The summed E-state index contributed by atoms with van der Waals surface area (Å²) in [6.07, 6.45) is 0. The van der Waals surface area contributed by atoms with Crippen LogP contribution in [0.5, 0.6) is 0 Å². The maximum atomic E-state index is 12.8. The quantitative estimate of drug-likeness (QED) is 0.169. The molecule has 19 heteroatoms. The molecule has 0 aliphatic heterocycles. The van der Waals surface area contributed by atoms with Crippen molar-refractivity contribution in [1.82, 2.24) is 4.66 Å². The molecule has 172 valence electrons. The van der Waals surface area contributed by atoms with Crippen molar-refractivity contribution in [3.8, 4) is 0 Å². The summed E-state index contributed by atoms with van der Waals surface area (Å²) >= 11 is -6.97. The molecule has 2 aromatic rings. The Morgan fingerprint density at radius 1 is 0.452 bits per heavy atom. The zero-order chi connectivity index (χ0) is 23.8. The Kier molecular flexibility index (Phi) is 8.57. The number of rotatable bonds is 6. The monoisotopic (exact) mass is 734 g/mol. The third-order valence-corrected chi connectivity index (χ3v) is 17.2. The van der Waals surface area contributed by atoms with Crippen LogP contribution in [0, 0.1) is 0 Å². The van der Waals surface area contributed by atoms with Gasteiger partial charge in [0.15, 0.2) is 0 Å². The summed E-state index contributed by atoms with van der Waals surface area (Å²) in [5.41, 5.74) is -19.7. The van der Waals surface area contributed by atoms with Crippen LogP contribution in [0.2, 0.25) is 0 Å². The van der Waals surface area contributed by atoms with Crippen LogP contribution in [-0.4, -0.2) is 26.7 Å². The number of hydrogen-bond donors (Lipinski definition) is 0. The molecule has 2 aromatic heterocycles. The fourth-order valence-electron chi connectivity index (χ4n) is 2.11. The van der Waals surface area contributed by atoms with Crippen molar-refractivity contribution in [3.05, 3.63) is 24.3 Å². The Bertz CT molecular complexity index is 756. The van der Waals surface area contributed by atoms with Crippen LogP contribution in [0.3, 0.4) is 0 Å². The van der Waals surface area contributed by atoms with Crippen molar-refractivity contribution in [2.75, 3.05) is 0 Å². The molecule has 0 radical (unpaired) electrons. The molecule has 0 bridgehead atoms. The summed E-state index contributed by atoms with van der Waals surface area (Å²) in [6.45, 7) is 0. The number of alkyl halides is 12. The van der Waals surface area contributed by atoms with E-state index in [-0.39, 0.29) is 0 Å². The normalized spacial score (nSPS) is 13.5. The molecule has 0 aliphatic carbocycles. The molecule has 2 rings (SSSR count). The predicted octanol–water partition coefficient (Wildman–Crippen LogP) is 8.05. The van der Waals surface area contributed by atoms with Crippen LogP contribution in [0.4, 0.5) is 52.7 Å². The topological polar surface area (TPSA) is 9.86 Å². The Balaban J connectivity index is 2.56. The van der Waals surface area contributed by atoms with Crippen molar-refractivity contribution < 1.29 is 77.9 Å². The Labute approximate surface area is 195 Å². The van der Waals surface area contributed by atoms with Gasteiger partial charge in [-0.2, -0.15) is 0 Å². The molecule has 0 aromatic carbocycles. The molecule has 0 aliphatic rings.